The van der Waals surface area contributed by atoms with Crippen LogP contribution in [0.5, 0.6) is 0 Å². The Bertz CT molecular complexity index is 596. The topological polar surface area (TPSA) is 69.6 Å². The minimum absolute atomic E-state index is 0.157. The molecule has 126 valence electrons. The number of carboxylic acids is 1. The van der Waals surface area contributed by atoms with Gasteiger partial charge in [0.25, 0.3) is 0 Å². The van der Waals surface area contributed by atoms with Gasteiger partial charge in [0.15, 0.2) is 0 Å². The normalized spacial score (nSPS) is 24.3. The van der Waals surface area contributed by atoms with Crippen LogP contribution in [0.2, 0.25) is 0 Å². The second-order valence-electron chi connectivity index (χ2n) is 7.08. The minimum Gasteiger partial charge on any atom is -0.480 e. The van der Waals surface area contributed by atoms with Crippen LogP contribution < -0.4 is 4.90 Å². The monoisotopic (exact) mass is 318 g/mol. The van der Waals surface area contributed by atoms with E-state index < -0.39 is 5.97 Å². The summed E-state index contributed by atoms with van der Waals surface area (Å²) in [5.41, 5.74) is 1.24. The van der Waals surface area contributed by atoms with Crippen molar-refractivity contribution in [2.75, 3.05) is 31.6 Å². The molecule has 0 saturated carbocycles. The highest BCUT2D eigenvalue weighted by molar-refractivity contribution is 5.74. The molecule has 3 rings (SSSR count). The number of likely N-dealkylation sites (N-methyl/N-ethyl adjacent to an activating group) is 1. The SMILES string of the molecule is CCc1cc(N2CCC3(CC2)CC(C(=O)O)N(C)C3)nc(C)n1. The maximum Gasteiger partial charge on any atom is 0.320 e. The summed E-state index contributed by atoms with van der Waals surface area (Å²) in [4.78, 5) is 24.7. The van der Waals surface area contributed by atoms with Crippen molar-refractivity contribution in [3.05, 3.63) is 17.6 Å². The maximum atomic E-state index is 11.4. The average Bonchev–Trinajstić information content (AvgIpc) is 2.84. The fourth-order valence-electron chi connectivity index (χ4n) is 4.07. The van der Waals surface area contributed by atoms with Gasteiger partial charge < -0.3 is 10.0 Å². The zero-order valence-electron chi connectivity index (χ0n) is 14.2. The lowest BCUT2D eigenvalue weighted by atomic mass is 9.76. The largest absolute Gasteiger partial charge is 0.480 e. The van der Waals surface area contributed by atoms with E-state index in [0.717, 1.165) is 62.7 Å². The Hall–Kier alpha value is -1.69. The minimum atomic E-state index is -0.689. The molecule has 1 unspecified atom stereocenters. The van der Waals surface area contributed by atoms with Crippen LogP contribution in [0, 0.1) is 12.3 Å². The first-order valence-electron chi connectivity index (χ1n) is 8.45. The number of nitrogens with zero attached hydrogens (tertiary/aromatic N) is 4. The van der Waals surface area contributed by atoms with E-state index in [1.54, 1.807) is 0 Å². The van der Waals surface area contributed by atoms with Crippen molar-refractivity contribution < 1.29 is 9.90 Å². The first-order valence-corrected chi connectivity index (χ1v) is 8.45. The average molecular weight is 318 g/mol. The third-order valence-corrected chi connectivity index (χ3v) is 5.42. The van der Waals surface area contributed by atoms with Crippen LogP contribution in [0.15, 0.2) is 6.07 Å². The second-order valence-corrected chi connectivity index (χ2v) is 7.08. The summed E-state index contributed by atoms with van der Waals surface area (Å²) in [6.07, 6.45) is 3.76. The molecular weight excluding hydrogens is 292 g/mol. The zero-order chi connectivity index (χ0) is 16.6. The van der Waals surface area contributed by atoms with E-state index in [1.165, 1.54) is 0 Å². The maximum absolute atomic E-state index is 11.4. The molecule has 2 fully saturated rings. The second kappa shape index (κ2) is 6.07. The molecule has 6 heteroatoms. The van der Waals surface area contributed by atoms with Crippen LogP contribution in [0.3, 0.4) is 0 Å². The number of carbonyl (C=O) groups is 1. The van der Waals surface area contributed by atoms with Gasteiger partial charge in [-0.15, -0.1) is 0 Å². The van der Waals surface area contributed by atoms with E-state index in [2.05, 4.69) is 27.9 Å². The van der Waals surface area contributed by atoms with Crippen LogP contribution in [0.4, 0.5) is 5.82 Å². The lowest BCUT2D eigenvalue weighted by molar-refractivity contribution is -0.141. The first kappa shape index (κ1) is 16.2. The van der Waals surface area contributed by atoms with Crippen molar-refractivity contribution in [1.29, 1.82) is 0 Å². The summed E-state index contributed by atoms with van der Waals surface area (Å²) in [6.45, 7) is 6.83. The molecule has 2 aliphatic rings. The molecule has 3 heterocycles. The zero-order valence-corrected chi connectivity index (χ0v) is 14.2. The van der Waals surface area contributed by atoms with Crippen molar-refractivity contribution in [1.82, 2.24) is 14.9 Å². The van der Waals surface area contributed by atoms with Crippen molar-refractivity contribution in [3.8, 4) is 0 Å². The van der Waals surface area contributed by atoms with Gasteiger partial charge in [0, 0.05) is 31.4 Å². The van der Waals surface area contributed by atoms with Gasteiger partial charge in [-0.25, -0.2) is 9.97 Å². The Labute approximate surface area is 137 Å². The van der Waals surface area contributed by atoms with Crippen LogP contribution in [-0.2, 0) is 11.2 Å². The standard InChI is InChI=1S/C17H26N4O2/c1-4-13-9-15(19-12(2)18-13)21-7-5-17(6-8-21)10-14(16(22)23)20(3)11-17/h9,14H,4-8,10-11H2,1-3H3,(H,22,23). The fourth-order valence-corrected chi connectivity index (χ4v) is 4.07. The summed E-state index contributed by atoms with van der Waals surface area (Å²) < 4.78 is 0. The Kier molecular flexibility index (Phi) is 4.27. The number of likely N-dealkylation sites (tertiary alicyclic amines) is 1. The Morgan fingerprint density at radius 3 is 2.65 bits per heavy atom. The van der Waals surface area contributed by atoms with Crippen LogP contribution in [0.1, 0.15) is 37.7 Å². The van der Waals surface area contributed by atoms with Crippen molar-refractivity contribution in [3.63, 3.8) is 0 Å². The van der Waals surface area contributed by atoms with Crippen LogP contribution >= 0.6 is 0 Å². The third-order valence-electron chi connectivity index (χ3n) is 5.42. The molecule has 1 spiro atoms. The molecule has 0 radical (unpaired) electrons. The van der Waals surface area contributed by atoms with E-state index in [4.69, 9.17) is 0 Å². The lowest BCUT2D eigenvalue weighted by Crippen LogP contribution is -2.41. The molecule has 0 aromatic carbocycles. The molecule has 1 aromatic rings. The number of aliphatic carboxylic acids is 1. The van der Waals surface area contributed by atoms with Gasteiger partial charge in [-0.05, 0) is 45.1 Å². The molecule has 0 bridgehead atoms. The number of anilines is 1. The number of hydrogen-bond donors (Lipinski definition) is 1. The van der Waals surface area contributed by atoms with Gasteiger partial charge in [-0.2, -0.15) is 0 Å². The Balaban J connectivity index is 1.69. The van der Waals surface area contributed by atoms with Crippen LogP contribution in [0.25, 0.3) is 0 Å². The molecule has 6 nitrogen and oxygen atoms in total. The highest BCUT2D eigenvalue weighted by Gasteiger charge is 2.46. The lowest BCUT2D eigenvalue weighted by Gasteiger charge is -2.39. The predicted octanol–water partition coefficient (Wildman–Crippen LogP) is 1.72. The van der Waals surface area contributed by atoms with Crippen molar-refractivity contribution in [2.24, 2.45) is 5.41 Å². The molecule has 0 aliphatic carbocycles. The summed E-state index contributed by atoms with van der Waals surface area (Å²) >= 11 is 0. The summed E-state index contributed by atoms with van der Waals surface area (Å²) in [6, 6.07) is 1.76. The van der Waals surface area contributed by atoms with Gasteiger partial charge in [0.2, 0.25) is 0 Å². The molecule has 2 saturated heterocycles. The number of aryl methyl sites for hydroxylation is 2. The summed E-state index contributed by atoms with van der Waals surface area (Å²) in [7, 11) is 1.93. The van der Waals surface area contributed by atoms with E-state index in [0.29, 0.717) is 0 Å². The molecule has 0 amide bonds. The molecule has 1 N–H and O–H groups in total. The van der Waals surface area contributed by atoms with Crippen LogP contribution in [-0.4, -0.2) is 58.7 Å². The van der Waals surface area contributed by atoms with Gasteiger partial charge >= 0.3 is 5.97 Å². The number of piperidine rings is 1. The van der Waals surface area contributed by atoms with Gasteiger partial charge in [-0.1, -0.05) is 6.92 Å². The quantitative estimate of drug-likeness (QED) is 0.915. The Morgan fingerprint density at radius 1 is 1.39 bits per heavy atom. The van der Waals surface area contributed by atoms with E-state index in [1.807, 2.05) is 18.9 Å². The number of carboxylic acid groups (broad SMARTS) is 1. The van der Waals surface area contributed by atoms with E-state index in [-0.39, 0.29) is 11.5 Å². The third kappa shape index (κ3) is 3.17. The summed E-state index contributed by atoms with van der Waals surface area (Å²) in [5.74, 6) is 1.15. The predicted molar refractivity (Wildman–Crippen MR) is 88.7 cm³/mol. The molecular formula is C17H26N4O2. The first-order chi connectivity index (χ1) is 10.9. The number of rotatable bonds is 3. The van der Waals surface area contributed by atoms with Crippen molar-refractivity contribution in [2.45, 2.75) is 45.6 Å². The molecule has 1 aromatic heterocycles. The van der Waals surface area contributed by atoms with E-state index in [9.17, 15) is 9.90 Å². The van der Waals surface area contributed by atoms with E-state index >= 15 is 0 Å². The fraction of sp³-hybridized carbons (Fsp3) is 0.706. The molecule has 23 heavy (non-hydrogen) atoms. The smallest absolute Gasteiger partial charge is 0.320 e. The molecule has 2 aliphatic heterocycles. The van der Waals surface area contributed by atoms with Crippen molar-refractivity contribution >= 4 is 11.8 Å². The Morgan fingerprint density at radius 2 is 2.09 bits per heavy atom. The summed E-state index contributed by atoms with van der Waals surface area (Å²) in [5, 5.41) is 9.35. The van der Waals surface area contributed by atoms with Gasteiger partial charge in [0.05, 0.1) is 0 Å². The highest BCUT2D eigenvalue weighted by Crippen LogP contribution is 2.43. The molecule has 1 atom stereocenters. The van der Waals surface area contributed by atoms with Gasteiger partial charge in [0.1, 0.15) is 17.7 Å². The number of aromatic nitrogens is 2. The highest BCUT2D eigenvalue weighted by atomic mass is 16.4. The number of hydrogen-bond acceptors (Lipinski definition) is 5. The van der Waals surface area contributed by atoms with Gasteiger partial charge in [-0.3, -0.25) is 9.69 Å².